The number of anilines is 1. The van der Waals surface area contributed by atoms with Crippen LogP contribution in [0, 0.1) is 0 Å². The summed E-state index contributed by atoms with van der Waals surface area (Å²) in [6.07, 6.45) is 0. The van der Waals surface area contributed by atoms with Crippen LogP contribution in [0.4, 0.5) is 5.69 Å². The largest absolute Gasteiger partial charge is 0.508 e. The van der Waals surface area contributed by atoms with Gasteiger partial charge >= 0.3 is 0 Å². The molecule has 1 N–H and O–H groups in total. The highest BCUT2D eigenvalue weighted by Gasteiger charge is 2.26. The van der Waals surface area contributed by atoms with Gasteiger partial charge in [-0.2, -0.15) is 0 Å². The number of fused-ring (bicyclic) bond motifs is 1. The number of aromatic hydroxyl groups is 1. The first-order valence-electron chi connectivity index (χ1n) is 6.15. The molecule has 102 valence electrons. The maximum absolute atomic E-state index is 12.1. The summed E-state index contributed by atoms with van der Waals surface area (Å²) in [6.45, 7) is 0.334. The Morgan fingerprint density at radius 3 is 2.85 bits per heavy atom. The maximum Gasteiger partial charge on any atom is 0.265 e. The molecule has 0 aromatic heterocycles. The van der Waals surface area contributed by atoms with E-state index in [1.165, 1.54) is 12.1 Å². The van der Waals surface area contributed by atoms with Crippen LogP contribution in [0.1, 0.15) is 5.56 Å². The van der Waals surface area contributed by atoms with Gasteiger partial charge in [0.2, 0.25) is 0 Å². The van der Waals surface area contributed by atoms with Gasteiger partial charge in [0.15, 0.2) is 6.61 Å². The highest BCUT2D eigenvalue weighted by atomic mass is 35.5. The number of halogens is 1. The summed E-state index contributed by atoms with van der Waals surface area (Å²) >= 11 is 6.13. The monoisotopic (exact) mass is 289 g/mol. The number of carbonyl (C=O) groups excluding carboxylic acids is 1. The highest BCUT2D eigenvalue weighted by molar-refractivity contribution is 6.31. The Morgan fingerprint density at radius 1 is 1.25 bits per heavy atom. The summed E-state index contributed by atoms with van der Waals surface area (Å²) in [6, 6.07) is 12.1. The van der Waals surface area contributed by atoms with Crippen LogP contribution in [0.15, 0.2) is 42.5 Å². The first kappa shape index (κ1) is 12.8. The second kappa shape index (κ2) is 5.06. The average Bonchev–Trinajstić information content (AvgIpc) is 2.44. The number of nitrogens with zero attached hydrogens (tertiary/aromatic N) is 1. The minimum atomic E-state index is -0.164. The first-order chi connectivity index (χ1) is 9.65. The number of amides is 1. The van der Waals surface area contributed by atoms with Crippen molar-refractivity contribution >= 4 is 23.2 Å². The van der Waals surface area contributed by atoms with Crippen molar-refractivity contribution in [3.8, 4) is 11.5 Å². The zero-order valence-corrected chi connectivity index (χ0v) is 11.3. The third-order valence-electron chi connectivity index (χ3n) is 3.17. The number of ether oxygens (including phenoxy) is 1. The fourth-order valence-corrected chi connectivity index (χ4v) is 2.36. The lowest BCUT2D eigenvalue weighted by Gasteiger charge is -2.29. The predicted octanol–water partition coefficient (Wildman–Crippen LogP) is 2.97. The molecule has 3 rings (SSSR count). The first-order valence-corrected chi connectivity index (χ1v) is 6.52. The van der Waals surface area contributed by atoms with Gasteiger partial charge in [-0.25, -0.2) is 0 Å². The summed E-state index contributed by atoms with van der Waals surface area (Å²) in [5, 5.41) is 10.2. The van der Waals surface area contributed by atoms with Crippen molar-refractivity contribution in [2.24, 2.45) is 0 Å². The molecule has 2 aromatic rings. The number of benzene rings is 2. The second-order valence-electron chi connectivity index (χ2n) is 4.51. The van der Waals surface area contributed by atoms with E-state index in [0.717, 1.165) is 5.56 Å². The van der Waals surface area contributed by atoms with E-state index in [1.807, 2.05) is 18.2 Å². The van der Waals surface area contributed by atoms with Gasteiger partial charge in [0.1, 0.15) is 11.5 Å². The molecule has 20 heavy (non-hydrogen) atoms. The van der Waals surface area contributed by atoms with Gasteiger partial charge in [-0.15, -0.1) is 0 Å². The van der Waals surface area contributed by atoms with Gasteiger partial charge in [0, 0.05) is 11.1 Å². The topological polar surface area (TPSA) is 49.8 Å². The minimum Gasteiger partial charge on any atom is -0.508 e. The predicted molar refractivity (Wildman–Crippen MR) is 76.2 cm³/mol. The van der Waals surface area contributed by atoms with Gasteiger partial charge < -0.3 is 14.7 Å². The van der Waals surface area contributed by atoms with E-state index in [-0.39, 0.29) is 18.3 Å². The van der Waals surface area contributed by atoms with Gasteiger partial charge in [-0.05, 0) is 23.8 Å². The number of phenolic OH excluding ortho intramolecular Hbond substituents is 1. The normalized spacial score (nSPS) is 13.8. The molecule has 0 radical (unpaired) electrons. The Balaban J connectivity index is 1.99. The Morgan fingerprint density at radius 2 is 2.05 bits per heavy atom. The molecule has 0 saturated carbocycles. The molecule has 1 heterocycles. The van der Waals surface area contributed by atoms with Gasteiger partial charge in [0.25, 0.3) is 5.91 Å². The van der Waals surface area contributed by atoms with Crippen molar-refractivity contribution in [3.63, 3.8) is 0 Å². The second-order valence-corrected chi connectivity index (χ2v) is 4.92. The lowest BCUT2D eigenvalue weighted by molar-refractivity contribution is -0.121. The standard InChI is InChI=1S/C15H12ClNO3/c16-12-4-2-1-3-10(12)8-17-13-7-11(18)5-6-14(13)20-9-15(17)19/h1-7,18H,8-9H2. The molecule has 5 heteroatoms. The Labute approximate surface area is 121 Å². The average molecular weight is 290 g/mol. The minimum absolute atomic E-state index is 0.0117. The molecule has 1 aliphatic heterocycles. The van der Waals surface area contributed by atoms with Crippen molar-refractivity contribution in [2.75, 3.05) is 11.5 Å². The highest BCUT2D eigenvalue weighted by Crippen LogP contribution is 2.36. The lowest BCUT2D eigenvalue weighted by atomic mass is 10.1. The van der Waals surface area contributed by atoms with Crippen molar-refractivity contribution in [1.82, 2.24) is 0 Å². The molecule has 0 aliphatic carbocycles. The summed E-state index contributed by atoms with van der Waals surface area (Å²) in [5.74, 6) is 0.503. The molecule has 1 aliphatic rings. The summed E-state index contributed by atoms with van der Waals surface area (Å²) in [7, 11) is 0. The molecule has 2 aromatic carbocycles. The van der Waals surface area contributed by atoms with Crippen LogP contribution in [0.2, 0.25) is 5.02 Å². The van der Waals surface area contributed by atoms with Crippen molar-refractivity contribution < 1.29 is 14.6 Å². The summed E-state index contributed by atoms with van der Waals surface area (Å²) in [4.78, 5) is 13.6. The molecule has 0 unspecified atom stereocenters. The van der Waals surface area contributed by atoms with Crippen molar-refractivity contribution in [2.45, 2.75) is 6.54 Å². The summed E-state index contributed by atoms with van der Waals surface area (Å²) < 4.78 is 5.35. The molecule has 0 fully saturated rings. The van der Waals surface area contributed by atoms with Crippen LogP contribution in [-0.4, -0.2) is 17.6 Å². The fourth-order valence-electron chi connectivity index (χ4n) is 2.16. The number of hydrogen-bond donors (Lipinski definition) is 1. The number of carbonyl (C=O) groups is 1. The van der Waals surface area contributed by atoms with E-state index in [0.29, 0.717) is 23.0 Å². The molecular formula is C15H12ClNO3. The molecule has 0 bridgehead atoms. The van der Waals surface area contributed by atoms with E-state index in [9.17, 15) is 9.90 Å². The van der Waals surface area contributed by atoms with Crippen LogP contribution in [0.5, 0.6) is 11.5 Å². The quantitative estimate of drug-likeness (QED) is 0.925. The number of rotatable bonds is 2. The van der Waals surface area contributed by atoms with Crippen molar-refractivity contribution in [3.05, 3.63) is 53.1 Å². The SMILES string of the molecule is O=C1COc2ccc(O)cc2N1Cc1ccccc1Cl. The van der Waals surface area contributed by atoms with Crippen LogP contribution >= 0.6 is 11.6 Å². The van der Waals surface area contributed by atoms with Crippen LogP contribution in [-0.2, 0) is 11.3 Å². The smallest absolute Gasteiger partial charge is 0.265 e. The summed E-state index contributed by atoms with van der Waals surface area (Å²) in [5.41, 5.74) is 1.40. The van der Waals surface area contributed by atoms with E-state index >= 15 is 0 Å². The molecular weight excluding hydrogens is 278 g/mol. The molecule has 4 nitrogen and oxygen atoms in total. The van der Waals surface area contributed by atoms with Crippen LogP contribution in [0.3, 0.4) is 0 Å². The van der Waals surface area contributed by atoms with Crippen molar-refractivity contribution in [1.29, 1.82) is 0 Å². The van der Waals surface area contributed by atoms with Crippen LogP contribution in [0.25, 0.3) is 0 Å². The zero-order valence-electron chi connectivity index (χ0n) is 10.5. The molecule has 0 spiro atoms. The number of phenols is 1. The number of hydrogen-bond acceptors (Lipinski definition) is 3. The van der Waals surface area contributed by atoms with Crippen LogP contribution < -0.4 is 9.64 Å². The zero-order chi connectivity index (χ0) is 14.1. The van der Waals surface area contributed by atoms with E-state index in [2.05, 4.69) is 0 Å². The third-order valence-corrected chi connectivity index (χ3v) is 3.54. The van der Waals surface area contributed by atoms with E-state index in [1.54, 1.807) is 17.0 Å². The Bertz CT molecular complexity index is 672. The van der Waals surface area contributed by atoms with E-state index in [4.69, 9.17) is 16.3 Å². The van der Waals surface area contributed by atoms with E-state index < -0.39 is 0 Å². The Hall–Kier alpha value is -2.20. The lowest BCUT2D eigenvalue weighted by Crippen LogP contribution is -2.38. The molecule has 0 saturated heterocycles. The fraction of sp³-hybridized carbons (Fsp3) is 0.133. The maximum atomic E-state index is 12.1. The third kappa shape index (κ3) is 2.30. The van der Waals surface area contributed by atoms with Gasteiger partial charge in [-0.3, -0.25) is 4.79 Å². The van der Waals surface area contributed by atoms with Gasteiger partial charge in [0.05, 0.1) is 12.2 Å². The van der Waals surface area contributed by atoms with Gasteiger partial charge in [-0.1, -0.05) is 29.8 Å². The Kier molecular flexibility index (Phi) is 3.24. The molecule has 0 atom stereocenters. The molecule has 1 amide bonds.